The molecular weight excluding hydrogens is 823 g/mol. The second-order valence-corrected chi connectivity index (χ2v) is 19.4. The molecule has 0 aromatic rings. The van der Waals surface area contributed by atoms with E-state index in [2.05, 4.69) is 74.6 Å². The zero-order chi connectivity index (χ0) is 48.4. The fraction of sp³-hybridized carbons (Fsp3) is 0.776. The maximum Gasteiger partial charge on any atom is 0.306 e. The SMILES string of the molecule is CC/C=C\C/C=C\C/C=C\C/C=C\CCCCCCCCC(=O)OC(COCCC(C(=O)[O-])[N+](C)(C)C)COC(=O)CCCCCCCCCCCCC/C=C\CCCCCCCCCC. The third kappa shape index (κ3) is 46.2. The number of carbonyl (C=O) groups excluding carboxylic acids is 3. The zero-order valence-corrected chi connectivity index (χ0v) is 43.6. The fourth-order valence-corrected chi connectivity index (χ4v) is 7.94. The van der Waals surface area contributed by atoms with Crippen LogP contribution < -0.4 is 5.11 Å². The molecule has 0 radical (unpaired) electrons. The van der Waals surface area contributed by atoms with Crippen LogP contribution in [0.15, 0.2) is 60.8 Å². The van der Waals surface area contributed by atoms with Crippen LogP contribution in [0.3, 0.4) is 0 Å². The first kappa shape index (κ1) is 63.0. The molecule has 0 spiro atoms. The number of hydrogen-bond donors (Lipinski definition) is 0. The second kappa shape index (κ2) is 48.5. The zero-order valence-electron chi connectivity index (χ0n) is 43.6. The summed E-state index contributed by atoms with van der Waals surface area (Å²) in [7, 11) is 5.41. The molecule has 0 saturated carbocycles. The van der Waals surface area contributed by atoms with Crippen molar-refractivity contribution >= 4 is 17.9 Å². The van der Waals surface area contributed by atoms with Gasteiger partial charge in [-0.25, -0.2) is 0 Å². The van der Waals surface area contributed by atoms with E-state index in [1.165, 1.54) is 128 Å². The van der Waals surface area contributed by atoms with Gasteiger partial charge in [-0.05, 0) is 77.0 Å². The minimum atomic E-state index is -1.13. The number of unbranched alkanes of at least 4 members (excludes halogenated alkanes) is 25. The first-order chi connectivity index (χ1) is 32.1. The van der Waals surface area contributed by atoms with Crippen molar-refractivity contribution in [3.63, 3.8) is 0 Å². The standard InChI is InChI=1S/C58H103NO7/c1-6-8-10-12-14-16-18-20-22-24-26-27-28-29-31-32-34-36-38-40-42-44-46-48-56(60)65-53-54(52-64-51-50-55(58(62)63)59(3,4)5)66-57(61)49-47-45-43-41-39-37-35-33-30-25-23-21-19-17-15-13-11-9-7-2/h9,11,15,17,21,23-24,26,30,33,54-55H,6-8,10,12-14,16,18-20,22,25,27-29,31-32,34-53H2,1-5H3/b11-9-,17-15-,23-21-,26-24-,33-30-. The lowest BCUT2D eigenvalue weighted by Crippen LogP contribution is -2.55. The van der Waals surface area contributed by atoms with E-state index in [1.807, 2.05) is 0 Å². The number of quaternary nitrogens is 1. The Morgan fingerprint density at radius 1 is 0.470 bits per heavy atom. The Morgan fingerprint density at radius 2 is 0.848 bits per heavy atom. The Hall–Kier alpha value is -2.97. The van der Waals surface area contributed by atoms with Crippen LogP contribution in [-0.4, -0.2) is 75.5 Å². The number of ether oxygens (including phenoxy) is 3. The topological polar surface area (TPSA) is 102 Å². The third-order valence-corrected chi connectivity index (χ3v) is 12.1. The fourth-order valence-electron chi connectivity index (χ4n) is 7.94. The minimum Gasteiger partial charge on any atom is -0.544 e. The molecule has 8 heteroatoms. The molecule has 0 aromatic carbocycles. The van der Waals surface area contributed by atoms with E-state index < -0.39 is 18.1 Å². The van der Waals surface area contributed by atoms with Gasteiger partial charge in [-0.3, -0.25) is 9.59 Å². The molecule has 382 valence electrons. The van der Waals surface area contributed by atoms with Gasteiger partial charge in [0.25, 0.3) is 0 Å². The van der Waals surface area contributed by atoms with E-state index in [9.17, 15) is 19.5 Å². The van der Waals surface area contributed by atoms with Crippen molar-refractivity contribution in [2.75, 3.05) is 41.0 Å². The van der Waals surface area contributed by atoms with Gasteiger partial charge in [0, 0.05) is 19.3 Å². The number of likely N-dealkylation sites (N-methyl/N-ethyl adjacent to an activating group) is 1. The van der Waals surface area contributed by atoms with E-state index >= 15 is 0 Å². The Balaban J connectivity index is 4.21. The predicted octanol–water partition coefficient (Wildman–Crippen LogP) is 14.8. The average Bonchev–Trinajstić information content (AvgIpc) is 3.28. The lowest BCUT2D eigenvalue weighted by atomic mass is 10.0. The third-order valence-electron chi connectivity index (χ3n) is 12.1. The molecule has 2 atom stereocenters. The van der Waals surface area contributed by atoms with Gasteiger partial charge >= 0.3 is 11.9 Å². The molecule has 0 heterocycles. The quantitative estimate of drug-likeness (QED) is 0.0259. The predicted molar refractivity (Wildman–Crippen MR) is 277 cm³/mol. The first-order valence-electron chi connectivity index (χ1n) is 27.3. The monoisotopic (exact) mass is 926 g/mol. The van der Waals surface area contributed by atoms with Crippen molar-refractivity contribution in [3.8, 4) is 0 Å². The van der Waals surface area contributed by atoms with E-state index in [4.69, 9.17) is 14.2 Å². The molecule has 0 saturated heterocycles. The lowest BCUT2D eigenvalue weighted by molar-refractivity contribution is -0.889. The Morgan fingerprint density at radius 3 is 1.27 bits per heavy atom. The molecule has 0 aromatic heterocycles. The minimum absolute atomic E-state index is 0.0337. The molecule has 0 fully saturated rings. The summed E-state index contributed by atoms with van der Waals surface area (Å²) < 4.78 is 17.3. The van der Waals surface area contributed by atoms with Gasteiger partial charge in [0.05, 0.1) is 40.3 Å². The van der Waals surface area contributed by atoms with E-state index in [1.54, 1.807) is 21.1 Å². The Labute approximate surface area is 407 Å². The van der Waals surface area contributed by atoms with Crippen LogP contribution in [0.4, 0.5) is 0 Å². The Kier molecular flexibility index (Phi) is 46.3. The summed E-state index contributed by atoms with van der Waals surface area (Å²) in [5.41, 5.74) is 0. The van der Waals surface area contributed by atoms with Crippen LogP contribution in [0.1, 0.15) is 239 Å². The molecule has 0 rings (SSSR count). The number of rotatable bonds is 49. The maximum absolute atomic E-state index is 12.8. The highest BCUT2D eigenvalue weighted by molar-refractivity contribution is 5.70. The van der Waals surface area contributed by atoms with Crippen molar-refractivity contribution < 1.29 is 38.2 Å². The highest BCUT2D eigenvalue weighted by Crippen LogP contribution is 2.15. The number of carboxylic acid groups (broad SMARTS) is 1. The molecule has 0 N–H and O–H groups in total. The van der Waals surface area contributed by atoms with Crippen molar-refractivity contribution in [1.29, 1.82) is 0 Å². The van der Waals surface area contributed by atoms with Crippen LogP contribution in [0.2, 0.25) is 0 Å². The summed E-state index contributed by atoms with van der Waals surface area (Å²) in [5, 5.41) is 11.7. The summed E-state index contributed by atoms with van der Waals surface area (Å²) in [6, 6.07) is -0.731. The molecule has 0 aliphatic heterocycles. The van der Waals surface area contributed by atoms with Gasteiger partial charge in [-0.2, -0.15) is 0 Å². The van der Waals surface area contributed by atoms with Crippen molar-refractivity contribution in [2.24, 2.45) is 0 Å². The van der Waals surface area contributed by atoms with Gasteiger partial charge in [0.15, 0.2) is 6.10 Å². The number of esters is 2. The number of carboxylic acids is 1. The molecule has 66 heavy (non-hydrogen) atoms. The highest BCUT2D eigenvalue weighted by atomic mass is 16.6. The average molecular weight is 926 g/mol. The Bertz CT molecular complexity index is 1260. The molecule has 2 unspecified atom stereocenters. The van der Waals surface area contributed by atoms with Crippen LogP contribution >= 0.6 is 0 Å². The lowest BCUT2D eigenvalue weighted by Gasteiger charge is -2.34. The number of aliphatic carboxylic acids is 1. The van der Waals surface area contributed by atoms with E-state index in [-0.39, 0.29) is 42.7 Å². The summed E-state index contributed by atoms with van der Waals surface area (Å²) in [5.74, 6) is -1.75. The largest absolute Gasteiger partial charge is 0.544 e. The van der Waals surface area contributed by atoms with Crippen molar-refractivity contribution in [2.45, 2.75) is 251 Å². The van der Waals surface area contributed by atoms with Crippen LogP contribution in [0, 0.1) is 0 Å². The summed E-state index contributed by atoms with van der Waals surface area (Å²) in [6.45, 7) is 4.56. The highest BCUT2D eigenvalue weighted by Gasteiger charge is 2.25. The van der Waals surface area contributed by atoms with Crippen LogP contribution in [0.5, 0.6) is 0 Å². The number of nitrogens with zero attached hydrogens (tertiary/aromatic N) is 1. The molecule has 8 nitrogen and oxygen atoms in total. The van der Waals surface area contributed by atoms with Crippen molar-refractivity contribution in [1.82, 2.24) is 0 Å². The van der Waals surface area contributed by atoms with Gasteiger partial charge in [-0.1, -0.05) is 203 Å². The number of carbonyl (C=O) groups is 3. The van der Waals surface area contributed by atoms with Gasteiger partial charge in [0.2, 0.25) is 0 Å². The van der Waals surface area contributed by atoms with Gasteiger partial charge in [-0.15, -0.1) is 0 Å². The summed E-state index contributed by atoms with van der Waals surface area (Å²) >= 11 is 0. The molecule has 0 amide bonds. The van der Waals surface area contributed by atoms with Crippen LogP contribution in [-0.2, 0) is 28.6 Å². The number of allylic oxidation sites excluding steroid dienone is 10. The first-order valence-corrected chi connectivity index (χ1v) is 27.3. The molecular formula is C58H103NO7. The molecule has 0 bridgehead atoms. The maximum atomic E-state index is 12.8. The van der Waals surface area contributed by atoms with Gasteiger partial charge in [0.1, 0.15) is 12.6 Å². The smallest absolute Gasteiger partial charge is 0.306 e. The van der Waals surface area contributed by atoms with Crippen LogP contribution in [0.25, 0.3) is 0 Å². The van der Waals surface area contributed by atoms with Crippen molar-refractivity contribution in [3.05, 3.63) is 60.8 Å². The number of hydrogen-bond acceptors (Lipinski definition) is 7. The molecule has 0 aliphatic carbocycles. The summed E-state index contributed by atoms with van der Waals surface area (Å²) in [6.07, 6.45) is 61.1. The molecule has 0 aliphatic rings. The van der Waals surface area contributed by atoms with Gasteiger partial charge < -0.3 is 28.6 Å². The normalized spacial score (nSPS) is 13.3. The van der Waals surface area contributed by atoms with E-state index in [0.29, 0.717) is 12.8 Å². The second-order valence-electron chi connectivity index (χ2n) is 19.4. The summed E-state index contributed by atoms with van der Waals surface area (Å²) in [4.78, 5) is 37.1. The van der Waals surface area contributed by atoms with E-state index in [0.717, 1.165) is 77.0 Å².